The summed E-state index contributed by atoms with van der Waals surface area (Å²) in [6.07, 6.45) is 1.56. The van der Waals surface area contributed by atoms with Crippen molar-refractivity contribution in [2.75, 3.05) is 30.9 Å². The van der Waals surface area contributed by atoms with Crippen molar-refractivity contribution in [1.82, 2.24) is 4.98 Å². The minimum atomic E-state index is -0.408. The molecule has 2 rings (SSSR count). The smallest absolute Gasteiger partial charge is 0.311 e. The van der Waals surface area contributed by atoms with Crippen LogP contribution in [-0.2, 0) is 6.54 Å². The molecule has 1 aromatic carbocycles. The van der Waals surface area contributed by atoms with Crippen molar-refractivity contribution in [1.29, 1.82) is 0 Å². The molecule has 0 aliphatic rings. The Kier molecular flexibility index (Phi) is 4.37. The molecule has 2 aromatic rings. The van der Waals surface area contributed by atoms with Crippen LogP contribution in [0.2, 0.25) is 0 Å². The fourth-order valence-electron chi connectivity index (χ4n) is 2.11. The zero-order chi connectivity index (χ0) is 15.4. The molecule has 0 spiro atoms. The van der Waals surface area contributed by atoms with Gasteiger partial charge in [0.15, 0.2) is 0 Å². The SMILES string of the molecule is CN(C)c1cccc(CN(C)c2ncccc2[N+](=O)[O-])c1. The summed E-state index contributed by atoms with van der Waals surface area (Å²) in [6.45, 7) is 0.555. The summed E-state index contributed by atoms with van der Waals surface area (Å²) in [7, 11) is 5.76. The van der Waals surface area contributed by atoms with Gasteiger partial charge < -0.3 is 9.80 Å². The van der Waals surface area contributed by atoms with E-state index in [2.05, 4.69) is 11.1 Å². The molecular weight excluding hydrogens is 268 g/mol. The third-order valence-electron chi connectivity index (χ3n) is 3.17. The molecule has 21 heavy (non-hydrogen) atoms. The van der Waals surface area contributed by atoms with Gasteiger partial charge >= 0.3 is 5.69 Å². The zero-order valence-electron chi connectivity index (χ0n) is 12.4. The van der Waals surface area contributed by atoms with E-state index in [0.717, 1.165) is 11.3 Å². The minimum Gasteiger partial charge on any atom is -0.378 e. The second-order valence-corrected chi connectivity index (χ2v) is 5.02. The lowest BCUT2D eigenvalue weighted by Crippen LogP contribution is -2.19. The molecule has 0 atom stereocenters. The quantitative estimate of drug-likeness (QED) is 0.624. The van der Waals surface area contributed by atoms with Gasteiger partial charge in [0, 0.05) is 45.6 Å². The van der Waals surface area contributed by atoms with Crippen molar-refractivity contribution in [2.45, 2.75) is 6.54 Å². The Morgan fingerprint density at radius 1 is 1.19 bits per heavy atom. The Hall–Kier alpha value is -2.63. The first-order valence-corrected chi connectivity index (χ1v) is 6.56. The number of hydrogen-bond acceptors (Lipinski definition) is 5. The molecule has 6 nitrogen and oxygen atoms in total. The lowest BCUT2D eigenvalue weighted by Gasteiger charge is -2.19. The fraction of sp³-hybridized carbons (Fsp3) is 0.267. The van der Waals surface area contributed by atoms with E-state index >= 15 is 0 Å². The summed E-state index contributed by atoms with van der Waals surface area (Å²) < 4.78 is 0. The first-order chi connectivity index (χ1) is 9.99. The average molecular weight is 286 g/mol. The van der Waals surface area contributed by atoms with Crippen LogP contribution in [0.15, 0.2) is 42.6 Å². The fourth-order valence-corrected chi connectivity index (χ4v) is 2.11. The van der Waals surface area contributed by atoms with E-state index in [1.807, 2.05) is 37.2 Å². The van der Waals surface area contributed by atoms with Crippen LogP contribution < -0.4 is 9.80 Å². The third kappa shape index (κ3) is 3.47. The maximum atomic E-state index is 11.1. The van der Waals surface area contributed by atoms with Crippen LogP contribution in [0.25, 0.3) is 0 Å². The van der Waals surface area contributed by atoms with Gasteiger partial charge in [0.2, 0.25) is 5.82 Å². The van der Waals surface area contributed by atoms with Gasteiger partial charge in [-0.05, 0) is 23.8 Å². The molecule has 0 fully saturated rings. The summed E-state index contributed by atoms with van der Waals surface area (Å²) in [5.41, 5.74) is 2.18. The van der Waals surface area contributed by atoms with Gasteiger partial charge in [-0.25, -0.2) is 4.98 Å². The maximum Gasteiger partial charge on any atom is 0.311 e. The van der Waals surface area contributed by atoms with Crippen LogP contribution >= 0.6 is 0 Å². The number of nitro groups is 1. The monoisotopic (exact) mass is 286 g/mol. The molecule has 0 amide bonds. The molecule has 0 bridgehead atoms. The van der Waals surface area contributed by atoms with E-state index in [1.54, 1.807) is 24.2 Å². The first-order valence-electron chi connectivity index (χ1n) is 6.56. The van der Waals surface area contributed by atoms with Crippen LogP contribution in [0.4, 0.5) is 17.2 Å². The molecule has 0 aliphatic heterocycles. The Morgan fingerprint density at radius 2 is 1.95 bits per heavy atom. The molecule has 110 valence electrons. The lowest BCUT2D eigenvalue weighted by atomic mass is 10.2. The number of hydrogen-bond donors (Lipinski definition) is 0. The molecule has 0 aliphatic carbocycles. The third-order valence-corrected chi connectivity index (χ3v) is 3.17. The van der Waals surface area contributed by atoms with Crippen molar-refractivity contribution in [3.8, 4) is 0 Å². The Morgan fingerprint density at radius 3 is 2.62 bits per heavy atom. The minimum absolute atomic E-state index is 0.0174. The molecule has 1 aromatic heterocycles. The maximum absolute atomic E-state index is 11.1. The molecule has 0 N–H and O–H groups in total. The van der Waals surface area contributed by atoms with Gasteiger partial charge in [0.25, 0.3) is 0 Å². The van der Waals surface area contributed by atoms with Crippen LogP contribution in [0.3, 0.4) is 0 Å². The summed E-state index contributed by atoms with van der Waals surface area (Å²) in [5, 5.41) is 11.1. The highest BCUT2D eigenvalue weighted by molar-refractivity contribution is 5.57. The summed E-state index contributed by atoms with van der Waals surface area (Å²) in [5.74, 6) is 0.373. The summed E-state index contributed by atoms with van der Waals surface area (Å²) >= 11 is 0. The Labute approximate surface area is 123 Å². The predicted molar refractivity (Wildman–Crippen MR) is 83.8 cm³/mol. The Bertz CT molecular complexity index is 643. The van der Waals surface area contributed by atoms with E-state index in [0.29, 0.717) is 12.4 Å². The summed E-state index contributed by atoms with van der Waals surface area (Å²) in [4.78, 5) is 18.6. The van der Waals surface area contributed by atoms with E-state index in [1.165, 1.54) is 6.07 Å². The number of anilines is 2. The second-order valence-electron chi connectivity index (χ2n) is 5.02. The van der Waals surface area contributed by atoms with Gasteiger partial charge in [0.1, 0.15) is 0 Å². The van der Waals surface area contributed by atoms with Crippen molar-refractivity contribution < 1.29 is 4.92 Å². The standard InChI is InChI=1S/C15H18N4O2/c1-17(2)13-7-4-6-12(10-13)11-18(3)15-14(19(20)21)8-5-9-16-15/h4-10H,11H2,1-3H3. The van der Waals surface area contributed by atoms with E-state index in [9.17, 15) is 10.1 Å². The molecule has 0 saturated carbocycles. The number of benzene rings is 1. The van der Waals surface area contributed by atoms with Gasteiger partial charge in [-0.3, -0.25) is 10.1 Å². The van der Waals surface area contributed by atoms with Gasteiger partial charge in [-0.2, -0.15) is 0 Å². The van der Waals surface area contributed by atoms with E-state index in [-0.39, 0.29) is 5.69 Å². The van der Waals surface area contributed by atoms with Crippen LogP contribution in [0, 0.1) is 10.1 Å². The average Bonchev–Trinajstić information content (AvgIpc) is 2.47. The molecule has 0 radical (unpaired) electrons. The van der Waals surface area contributed by atoms with Crippen molar-refractivity contribution >= 4 is 17.2 Å². The van der Waals surface area contributed by atoms with Crippen LogP contribution in [0.5, 0.6) is 0 Å². The zero-order valence-corrected chi connectivity index (χ0v) is 12.4. The van der Waals surface area contributed by atoms with Gasteiger partial charge in [-0.1, -0.05) is 12.1 Å². The Balaban J connectivity index is 2.24. The molecule has 1 heterocycles. The number of pyridine rings is 1. The second kappa shape index (κ2) is 6.21. The lowest BCUT2D eigenvalue weighted by molar-refractivity contribution is -0.384. The summed E-state index contributed by atoms with van der Waals surface area (Å²) in [6, 6.07) is 11.1. The van der Waals surface area contributed by atoms with Crippen molar-refractivity contribution in [2.24, 2.45) is 0 Å². The predicted octanol–water partition coefficient (Wildman–Crippen LogP) is 2.69. The number of nitrogens with zero attached hydrogens (tertiary/aromatic N) is 4. The molecular formula is C15H18N4O2. The van der Waals surface area contributed by atoms with E-state index < -0.39 is 4.92 Å². The van der Waals surface area contributed by atoms with Gasteiger partial charge in [0.05, 0.1) is 4.92 Å². The van der Waals surface area contributed by atoms with Gasteiger partial charge in [-0.15, -0.1) is 0 Å². The normalized spacial score (nSPS) is 10.2. The largest absolute Gasteiger partial charge is 0.378 e. The van der Waals surface area contributed by atoms with Crippen molar-refractivity contribution in [3.05, 3.63) is 58.3 Å². The van der Waals surface area contributed by atoms with Crippen molar-refractivity contribution in [3.63, 3.8) is 0 Å². The molecule has 0 saturated heterocycles. The highest BCUT2D eigenvalue weighted by Crippen LogP contribution is 2.25. The van der Waals surface area contributed by atoms with Crippen LogP contribution in [-0.4, -0.2) is 31.1 Å². The molecule has 6 heteroatoms. The molecule has 0 unspecified atom stereocenters. The highest BCUT2D eigenvalue weighted by atomic mass is 16.6. The topological polar surface area (TPSA) is 62.5 Å². The van der Waals surface area contributed by atoms with E-state index in [4.69, 9.17) is 0 Å². The number of rotatable bonds is 5. The highest BCUT2D eigenvalue weighted by Gasteiger charge is 2.18. The first kappa shape index (κ1) is 14.8. The van der Waals surface area contributed by atoms with Crippen LogP contribution in [0.1, 0.15) is 5.56 Å². The number of aromatic nitrogens is 1.